The van der Waals surface area contributed by atoms with Crippen LogP contribution in [0, 0.1) is 0 Å². The normalized spacial score (nSPS) is 11.3. The lowest BCUT2D eigenvalue weighted by atomic mass is 10.1. The van der Waals surface area contributed by atoms with Gasteiger partial charge in [-0.05, 0) is 58.0 Å². The molecule has 3 aromatic rings. The minimum Gasteiger partial charge on any atom is -0.342 e. The van der Waals surface area contributed by atoms with Crippen molar-refractivity contribution in [3.63, 3.8) is 0 Å². The number of benzene rings is 1. The molecule has 110 valence electrons. The summed E-state index contributed by atoms with van der Waals surface area (Å²) in [5.41, 5.74) is 2.69. The lowest BCUT2D eigenvalue weighted by Crippen LogP contribution is -2.13. The van der Waals surface area contributed by atoms with Crippen molar-refractivity contribution in [3.8, 4) is 0 Å². The summed E-state index contributed by atoms with van der Waals surface area (Å²) in [6.07, 6.45) is 3.36. The molecule has 0 amide bonds. The molecule has 0 fully saturated rings. The van der Waals surface area contributed by atoms with Crippen LogP contribution >= 0.6 is 27.3 Å². The zero-order valence-corrected chi connectivity index (χ0v) is 14.5. The highest BCUT2D eigenvalue weighted by molar-refractivity contribution is 9.10. The largest absolute Gasteiger partial charge is 0.342 e. The molecule has 0 unspecified atom stereocenters. The summed E-state index contributed by atoms with van der Waals surface area (Å²) in [6, 6.07) is 10.9. The smallest absolute Gasteiger partial charge is 0.0580 e. The second kappa shape index (κ2) is 6.77. The molecule has 2 aromatic heterocycles. The van der Waals surface area contributed by atoms with Crippen molar-refractivity contribution in [3.05, 3.63) is 56.8 Å². The Bertz CT molecular complexity index is 729. The first kappa shape index (κ1) is 14.8. The summed E-state index contributed by atoms with van der Waals surface area (Å²) in [4.78, 5) is 1.36. The molecule has 0 aliphatic heterocycles. The van der Waals surface area contributed by atoms with Crippen molar-refractivity contribution in [2.75, 3.05) is 6.54 Å². The predicted octanol–water partition coefficient (Wildman–Crippen LogP) is 5.01. The molecule has 0 atom stereocenters. The number of hydrogen-bond acceptors (Lipinski definition) is 2. The van der Waals surface area contributed by atoms with Gasteiger partial charge in [0, 0.05) is 33.0 Å². The lowest BCUT2D eigenvalue weighted by molar-refractivity contribution is 0.678. The minimum atomic E-state index is 0.924. The van der Waals surface area contributed by atoms with Gasteiger partial charge in [0.25, 0.3) is 0 Å². The van der Waals surface area contributed by atoms with Gasteiger partial charge in [0.1, 0.15) is 0 Å². The third-order valence-electron chi connectivity index (χ3n) is 3.65. The highest BCUT2D eigenvalue weighted by Crippen LogP contribution is 2.26. The van der Waals surface area contributed by atoms with Crippen molar-refractivity contribution in [1.82, 2.24) is 9.88 Å². The molecule has 0 saturated heterocycles. The zero-order chi connectivity index (χ0) is 14.7. The first-order valence-electron chi connectivity index (χ1n) is 7.29. The highest BCUT2D eigenvalue weighted by atomic mass is 79.9. The lowest BCUT2D eigenvalue weighted by Gasteiger charge is -2.08. The number of nitrogens with zero attached hydrogens (tertiary/aromatic N) is 1. The van der Waals surface area contributed by atoms with Gasteiger partial charge in [-0.1, -0.05) is 19.1 Å². The van der Waals surface area contributed by atoms with Gasteiger partial charge in [-0.2, -0.15) is 0 Å². The van der Waals surface area contributed by atoms with Crippen molar-refractivity contribution < 1.29 is 0 Å². The molecule has 2 heterocycles. The van der Waals surface area contributed by atoms with E-state index >= 15 is 0 Å². The SMILES string of the molecule is CCCNCc1cccc2c1ccn2Cc1sccc1Br. The van der Waals surface area contributed by atoms with E-state index in [0.717, 1.165) is 19.6 Å². The predicted molar refractivity (Wildman–Crippen MR) is 95.1 cm³/mol. The number of hydrogen-bond donors (Lipinski definition) is 1. The number of nitrogens with one attached hydrogen (secondary N) is 1. The molecule has 4 heteroatoms. The van der Waals surface area contributed by atoms with Gasteiger partial charge in [0.15, 0.2) is 0 Å². The summed E-state index contributed by atoms with van der Waals surface area (Å²) in [7, 11) is 0. The molecule has 3 rings (SSSR count). The Morgan fingerprint density at radius 3 is 2.90 bits per heavy atom. The fourth-order valence-corrected chi connectivity index (χ4v) is 4.05. The van der Waals surface area contributed by atoms with Gasteiger partial charge in [-0.15, -0.1) is 11.3 Å². The van der Waals surface area contributed by atoms with Crippen LogP contribution < -0.4 is 5.32 Å². The van der Waals surface area contributed by atoms with E-state index in [4.69, 9.17) is 0 Å². The number of rotatable bonds is 6. The van der Waals surface area contributed by atoms with Crippen LogP contribution in [0.2, 0.25) is 0 Å². The van der Waals surface area contributed by atoms with Gasteiger partial charge in [0.05, 0.1) is 6.54 Å². The van der Waals surface area contributed by atoms with Crippen molar-refractivity contribution in [2.45, 2.75) is 26.4 Å². The summed E-state index contributed by atoms with van der Waals surface area (Å²) >= 11 is 5.42. The molecule has 0 spiro atoms. The van der Waals surface area contributed by atoms with E-state index in [9.17, 15) is 0 Å². The average molecular weight is 363 g/mol. The number of halogens is 1. The second-order valence-electron chi connectivity index (χ2n) is 5.16. The maximum atomic E-state index is 3.62. The number of aromatic nitrogens is 1. The molecule has 0 aliphatic carbocycles. The minimum absolute atomic E-state index is 0.924. The summed E-state index contributed by atoms with van der Waals surface area (Å²) < 4.78 is 3.53. The maximum Gasteiger partial charge on any atom is 0.0580 e. The van der Waals surface area contributed by atoms with Crippen LogP contribution in [0.3, 0.4) is 0 Å². The maximum absolute atomic E-state index is 3.62. The van der Waals surface area contributed by atoms with Gasteiger partial charge in [-0.25, -0.2) is 0 Å². The Labute approximate surface area is 137 Å². The molecule has 2 nitrogen and oxygen atoms in total. The Balaban J connectivity index is 1.88. The van der Waals surface area contributed by atoms with E-state index < -0.39 is 0 Å². The van der Waals surface area contributed by atoms with Gasteiger partial charge >= 0.3 is 0 Å². The van der Waals surface area contributed by atoms with Crippen LogP contribution in [0.4, 0.5) is 0 Å². The Morgan fingerprint density at radius 2 is 2.14 bits per heavy atom. The van der Waals surface area contributed by atoms with Crippen LogP contribution in [0.15, 0.2) is 46.4 Å². The summed E-state index contributed by atoms with van der Waals surface area (Å²) in [5.74, 6) is 0. The first-order chi connectivity index (χ1) is 10.3. The van der Waals surface area contributed by atoms with Gasteiger partial charge < -0.3 is 9.88 Å². The fourth-order valence-electron chi connectivity index (χ4n) is 2.57. The zero-order valence-electron chi connectivity index (χ0n) is 12.1. The second-order valence-corrected chi connectivity index (χ2v) is 7.02. The van der Waals surface area contributed by atoms with E-state index in [0.29, 0.717) is 0 Å². The van der Waals surface area contributed by atoms with E-state index in [1.54, 1.807) is 11.3 Å². The fraction of sp³-hybridized carbons (Fsp3) is 0.294. The van der Waals surface area contributed by atoms with Crippen LogP contribution in [0.5, 0.6) is 0 Å². The van der Waals surface area contributed by atoms with Crippen LogP contribution in [-0.4, -0.2) is 11.1 Å². The summed E-state index contributed by atoms with van der Waals surface area (Å²) in [5, 5.41) is 6.98. The van der Waals surface area contributed by atoms with E-state index in [-0.39, 0.29) is 0 Å². The molecular formula is C17H19BrN2S. The Morgan fingerprint density at radius 1 is 1.24 bits per heavy atom. The molecule has 0 saturated carbocycles. The number of thiophene rings is 1. The highest BCUT2D eigenvalue weighted by Gasteiger charge is 2.08. The van der Waals surface area contributed by atoms with Crippen LogP contribution in [0.1, 0.15) is 23.8 Å². The first-order valence-corrected chi connectivity index (χ1v) is 8.96. The third kappa shape index (κ3) is 3.23. The van der Waals surface area contributed by atoms with Crippen LogP contribution in [-0.2, 0) is 13.1 Å². The van der Waals surface area contributed by atoms with E-state index in [2.05, 4.69) is 74.6 Å². The topological polar surface area (TPSA) is 17.0 Å². The van der Waals surface area contributed by atoms with E-state index in [1.807, 2.05) is 0 Å². The van der Waals surface area contributed by atoms with Gasteiger partial charge in [0.2, 0.25) is 0 Å². The van der Waals surface area contributed by atoms with Crippen LogP contribution in [0.25, 0.3) is 10.9 Å². The monoisotopic (exact) mass is 362 g/mol. The molecule has 0 radical (unpaired) electrons. The Kier molecular flexibility index (Phi) is 4.78. The quantitative estimate of drug-likeness (QED) is 0.609. The Hall–Kier alpha value is -1.10. The van der Waals surface area contributed by atoms with Crippen molar-refractivity contribution >= 4 is 38.2 Å². The molecule has 1 N–H and O–H groups in total. The average Bonchev–Trinajstić information content (AvgIpc) is 3.08. The molecular weight excluding hydrogens is 344 g/mol. The molecule has 0 bridgehead atoms. The summed E-state index contributed by atoms with van der Waals surface area (Å²) in [6.45, 7) is 5.13. The standard InChI is InChI=1S/C17H19BrN2S/c1-2-8-19-11-13-4-3-5-16-14(13)6-9-20(16)12-17-15(18)7-10-21-17/h3-7,9-10,19H,2,8,11-12H2,1H3. The van der Waals surface area contributed by atoms with Crippen molar-refractivity contribution in [2.24, 2.45) is 0 Å². The van der Waals surface area contributed by atoms with Gasteiger partial charge in [-0.3, -0.25) is 0 Å². The molecule has 21 heavy (non-hydrogen) atoms. The third-order valence-corrected chi connectivity index (χ3v) is 5.56. The number of fused-ring (bicyclic) bond motifs is 1. The molecule has 0 aliphatic rings. The van der Waals surface area contributed by atoms with Crippen molar-refractivity contribution in [1.29, 1.82) is 0 Å². The van der Waals surface area contributed by atoms with E-state index in [1.165, 1.54) is 32.2 Å². The molecule has 1 aromatic carbocycles.